The highest BCUT2D eigenvalue weighted by atomic mass is 16.5. The van der Waals surface area contributed by atoms with Gasteiger partial charge in [0.1, 0.15) is 5.82 Å². The number of nitrogens with zero attached hydrogens (tertiary/aromatic N) is 3. The molecule has 1 saturated heterocycles. The first-order chi connectivity index (χ1) is 11.7. The zero-order valence-corrected chi connectivity index (χ0v) is 13.9. The van der Waals surface area contributed by atoms with E-state index < -0.39 is 0 Å². The van der Waals surface area contributed by atoms with Crippen LogP contribution in [0.2, 0.25) is 0 Å². The monoisotopic (exact) mass is 326 g/mol. The maximum Gasteiger partial charge on any atom is 0.222 e. The molecule has 0 spiro atoms. The lowest BCUT2D eigenvalue weighted by Crippen LogP contribution is -2.45. The number of morpholine rings is 1. The zero-order valence-electron chi connectivity index (χ0n) is 13.9. The van der Waals surface area contributed by atoms with E-state index in [4.69, 9.17) is 20.2 Å². The van der Waals surface area contributed by atoms with Crippen LogP contribution in [0.4, 0.5) is 11.5 Å². The van der Waals surface area contributed by atoms with Gasteiger partial charge in [0, 0.05) is 17.8 Å². The van der Waals surface area contributed by atoms with Gasteiger partial charge in [0.2, 0.25) is 5.88 Å². The Hall–Kier alpha value is -2.34. The van der Waals surface area contributed by atoms with Crippen LogP contribution in [-0.4, -0.2) is 42.4 Å². The molecule has 3 heterocycles. The summed E-state index contributed by atoms with van der Waals surface area (Å²) in [6, 6.07) is 7.93. The van der Waals surface area contributed by atoms with Crippen molar-refractivity contribution in [2.75, 3.05) is 37.0 Å². The lowest BCUT2D eigenvalue weighted by atomic mass is 10.1. The van der Waals surface area contributed by atoms with Crippen LogP contribution in [-0.2, 0) is 11.2 Å². The molecule has 0 bridgehead atoms. The van der Waals surface area contributed by atoms with E-state index in [0.717, 1.165) is 61.1 Å². The van der Waals surface area contributed by atoms with E-state index in [2.05, 4.69) is 16.8 Å². The van der Waals surface area contributed by atoms with E-state index in [-0.39, 0.29) is 0 Å². The zero-order chi connectivity index (χ0) is 16.5. The molecule has 1 atom stereocenters. The summed E-state index contributed by atoms with van der Waals surface area (Å²) in [5, 5.41) is 0. The third-order valence-corrected chi connectivity index (χ3v) is 4.57. The minimum Gasteiger partial charge on any atom is -0.477 e. The van der Waals surface area contributed by atoms with Crippen molar-refractivity contribution in [1.29, 1.82) is 0 Å². The molecule has 2 aromatic rings. The summed E-state index contributed by atoms with van der Waals surface area (Å²) in [4.78, 5) is 11.9. The number of aromatic nitrogens is 2. The first kappa shape index (κ1) is 15.2. The number of benzene rings is 1. The summed E-state index contributed by atoms with van der Waals surface area (Å²) < 4.78 is 11.4. The lowest BCUT2D eigenvalue weighted by molar-refractivity contribution is 0.0983. The van der Waals surface area contributed by atoms with Gasteiger partial charge in [-0.2, -0.15) is 4.98 Å². The number of hydrogen-bond donors (Lipinski definition) is 1. The van der Waals surface area contributed by atoms with Crippen LogP contribution in [0.15, 0.2) is 24.3 Å². The molecular weight excluding hydrogens is 304 g/mol. The molecule has 0 radical (unpaired) electrons. The minimum atomic E-state index is 0.291. The summed E-state index contributed by atoms with van der Waals surface area (Å²) in [5.41, 5.74) is 8.59. The van der Waals surface area contributed by atoms with Gasteiger partial charge in [-0.1, -0.05) is 0 Å². The van der Waals surface area contributed by atoms with Crippen LogP contribution in [0.3, 0.4) is 0 Å². The summed E-state index contributed by atoms with van der Waals surface area (Å²) in [6.45, 7) is 5.16. The molecular formula is C18H22N4O2. The third-order valence-electron chi connectivity index (χ3n) is 4.57. The molecule has 1 aromatic carbocycles. The number of anilines is 2. The average Bonchev–Trinajstić information content (AvgIpc) is 2.62. The van der Waals surface area contributed by atoms with Gasteiger partial charge < -0.3 is 20.1 Å². The molecule has 6 heteroatoms. The standard InChI is InChI=1S/C18H22N4O2/c1-12-11-23-10-8-22(12)17-15-3-2-9-24-18(15)21-16(20-17)13-4-6-14(19)7-5-13/h4-7,12H,2-3,8-11,19H2,1H3. The Balaban J connectivity index is 1.81. The number of ether oxygens (including phenoxy) is 2. The van der Waals surface area contributed by atoms with Crippen molar-refractivity contribution in [3.63, 3.8) is 0 Å². The van der Waals surface area contributed by atoms with Crippen LogP contribution in [0.5, 0.6) is 5.88 Å². The largest absolute Gasteiger partial charge is 0.477 e. The second-order valence-electron chi connectivity index (χ2n) is 6.35. The van der Waals surface area contributed by atoms with Gasteiger partial charge in [0.25, 0.3) is 0 Å². The van der Waals surface area contributed by atoms with Gasteiger partial charge in [-0.25, -0.2) is 4.98 Å². The molecule has 126 valence electrons. The van der Waals surface area contributed by atoms with Crippen LogP contribution in [0.1, 0.15) is 18.9 Å². The molecule has 2 aliphatic heterocycles. The van der Waals surface area contributed by atoms with Gasteiger partial charge in [0.15, 0.2) is 5.82 Å². The average molecular weight is 326 g/mol. The van der Waals surface area contributed by atoms with Crippen molar-refractivity contribution in [3.8, 4) is 17.3 Å². The van der Waals surface area contributed by atoms with Crippen LogP contribution < -0.4 is 15.4 Å². The van der Waals surface area contributed by atoms with E-state index in [1.165, 1.54) is 0 Å². The molecule has 0 aliphatic carbocycles. The Labute approximate surface area is 141 Å². The molecule has 1 aromatic heterocycles. The molecule has 4 rings (SSSR count). The number of rotatable bonds is 2. The normalized spacial score (nSPS) is 20.4. The Bertz CT molecular complexity index is 733. The van der Waals surface area contributed by atoms with Gasteiger partial charge in [0.05, 0.1) is 31.4 Å². The first-order valence-electron chi connectivity index (χ1n) is 8.46. The highest BCUT2D eigenvalue weighted by Crippen LogP contribution is 2.34. The smallest absolute Gasteiger partial charge is 0.222 e. The van der Waals surface area contributed by atoms with E-state index >= 15 is 0 Å². The van der Waals surface area contributed by atoms with Crippen molar-refractivity contribution in [3.05, 3.63) is 29.8 Å². The molecule has 1 fully saturated rings. The summed E-state index contributed by atoms with van der Waals surface area (Å²) in [6.07, 6.45) is 1.96. The second-order valence-corrected chi connectivity index (χ2v) is 6.35. The summed E-state index contributed by atoms with van der Waals surface area (Å²) in [7, 11) is 0. The maximum atomic E-state index is 5.84. The predicted octanol–water partition coefficient (Wildman–Crippen LogP) is 2.28. The topological polar surface area (TPSA) is 73.5 Å². The lowest BCUT2D eigenvalue weighted by Gasteiger charge is -2.36. The van der Waals surface area contributed by atoms with Crippen molar-refractivity contribution in [1.82, 2.24) is 9.97 Å². The SMILES string of the molecule is CC1COCCN1c1nc(-c2ccc(N)cc2)nc2c1CCCO2. The highest BCUT2D eigenvalue weighted by molar-refractivity contribution is 5.64. The Kier molecular flexibility index (Phi) is 3.98. The fraction of sp³-hybridized carbons (Fsp3) is 0.444. The molecule has 0 amide bonds. The molecule has 0 saturated carbocycles. The molecule has 6 nitrogen and oxygen atoms in total. The number of hydrogen-bond acceptors (Lipinski definition) is 6. The van der Waals surface area contributed by atoms with E-state index in [1.807, 2.05) is 24.3 Å². The molecule has 2 N–H and O–H groups in total. The van der Waals surface area contributed by atoms with E-state index in [9.17, 15) is 0 Å². The van der Waals surface area contributed by atoms with Gasteiger partial charge in [-0.3, -0.25) is 0 Å². The molecule has 1 unspecified atom stereocenters. The molecule has 24 heavy (non-hydrogen) atoms. The Morgan fingerprint density at radius 3 is 2.79 bits per heavy atom. The summed E-state index contributed by atoms with van der Waals surface area (Å²) >= 11 is 0. The van der Waals surface area contributed by atoms with Gasteiger partial charge in [-0.05, 0) is 44.0 Å². The van der Waals surface area contributed by atoms with Crippen molar-refractivity contribution in [2.45, 2.75) is 25.8 Å². The second kappa shape index (κ2) is 6.28. The predicted molar refractivity (Wildman–Crippen MR) is 93.3 cm³/mol. The van der Waals surface area contributed by atoms with Gasteiger partial charge in [-0.15, -0.1) is 0 Å². The van der Waals surface area contributed by atoms with Crippen molar-refractivity contribution in [2.24, 2.45) is 0 Å². The van der Waals surface area contributed by atoms with Gasteiger partial charge >= 0.3 is 0 Å². The Morgan fingerprint density at radius 2 is 2.00 bits per heavy atom. The fourth-order valence-electron chi connectivity index (χ4n) is 3.25. The van der Waals surface area contributed by atoms with E-state index in [1.54, 1.807) is 0 Å². The van der Waals surface area contributed by atoms with Crippen LogP contribution >= 0.6 is 0 Å². The minimum absolute atomic E-state index is 0.291. The quantitative estimate of drug-likeness (QED) is 0.854. The van der Waals surface area contributed by atoms with Crippen molar-refractivity contribution >= 4 is 11.5 Å². The Morgan fingerprint density at radius 1 is 1.17 bits per heavy atom. The number of nitrogens with two attached hydrogens (primary N) is 1. The maximum absolute atomic E-state index is 5.84. The third kappa shape index (κ3) is 2.78. The van der Waals surface area contributed by atoms with E-state index in [0.29, 0.717) is 18.5 Å². The van der Waals surface area contributed by atoms with Crippen LogP contribution in [0.25, 0.3) is 11.4 Å². The fourth-order valence-corrected chi connectivity index (χ4v) is 3.25. The summed E-state index contributed by atoms with van der Waals surface area (Å²) in [5.74, 6) is 2.39. The van der Waals surface area contributed by atoms with Crippen molar-refractivity contribution < 1.29 is 9.47 Å². The number of fused-ring (bicyclic) bond motifs is 1. The first-order valence-corrected chi connectivity index (χ1v) is 8.46. The van der Waals surface area contributed by atoms with Crippen LogP contribution in [0, 0.1) is 0 Å². The highest BCUT2D eigenvalue weighted by Gasteiger charge is 2.27. The molecule has 2 aliphatic rings. The number of nitrogen functional groups attached to an aromatic ring is 1.